The third-order valence-corrected chi connectivity index (χ3v) is 2.92. The Morgan fingerprint density at radius 1 is 1.38 bits per heavy atom. The molecular formula is C9H13N3O3S. The van der Waals surface area contributed by atoms with Crippen molar-refractivity contribution in [1.82, 2.24) is 5.32 Å². The number of primary sulfonamides is 1. The van der Waals surface area contributed by atoms with E-state index in [0.29, 0.717) is 5.69 Å². The highest BCUT2D eigenvalue weighted by Gasteiger charge is 2.10. The molecule has 0 bridgehead atoms. The maximum atomic E-state index is 11.1. The number of hydrogen-bond donors (Lipinski definition) is 3. The summed E-state index contributed by atoms with van der Waals surface area (Å²) in [5, 5.41) is 9.85. The molecule has 1 rings (SSSR count). The zero-order valence-electron chi connectivity index (χ0n) is 8.94. The normalized spacial score (nSPS) is 10.9. The lowest BCUT2D eigenvalue weighted by Gasteiger charge is -2.09. The molecule has 0 fully saturated rings. The van der Waals surface area contributed by atoms with Crippen molar-refractivity contribution >= 4 is 21.7 Å². The molecule has 0 spiro atoms. The van der Waals surface area contributed by atoms with Crippen molar-refractivity contribution in [3.05, 3.63) is 23.8 Å². The first-order valence-corrected chi connectivity index (χ1v) is 6.01. The first kappa shape index (κ1) is 12.5. The number of nitrogens with one attached hydrogen (secondary N) is 2. The number of carbonyl (C=O) groups is 1. The van der Waals surface area contributed by atoms with Gasteiger partial charge in [-0.2, -0.15) is 0 Å². The number of urea groups is 1. The summed E-state index contributed by atoms with van der Waals surface area (Å²) >= 11 is 0. The van der Waals surface area contributed by atoms with Gasteiger partial charge in [-0.3, -0.25) is 0 Å². The summed E-state index contributed by atoms with van der Waals surface area (Å²) in [5.74, 6) is 0. The minimum Gasteiger partial charge on any atom is -0.341 e. The first-order valence-electron chi connectivity index (χ1n) is 4.47. The van der Waals surface area contributed by atoms with Gasteiger partial charge < -0.3 is 10.6 Å². The van der Waals surface area contributed by atoms with Crippen molar-refractivity contribution in [2.45, 2.75) is 11.8 Å². The van der Waals surface area contributed by atoms with Crippen molar-refractivity contribution in [3.8, 4) is 0 Å². The van der Waals surface area contributed by atoms with Gasteiger partial charge in [0, 0.05) is 12.7 Å². The number of aryl methyl sites for hydroxylation is 1. The monoisotopic (exact) mass is 243 g/mol. The molecule has 0 atom stereocenters. The van der Waals surface area contributed by atoms with Gasteiger partial charge in [0.2, 0.25) is 10.0 Å². The number of rotatable bonds is 2. The summed E-state index contributed by atoms with van der Waals surface area (Å²) in [5.41, 5.74) is 1.15. The summed E-state index contributed by atoms with van der Waals surface area (Å²) < 4.78 is 22.2. The molecule has 16 heavy (non-hydrogen) atoms. The molecule has 0 unspecified atom stereocenters. The zero-order valence-corrected chi connectivity index (χ0v) is 9.76. The lowest BCUT2D eigenvalue weighted by Crippen LogP contribution is -2.25. The third kappa shape index (κ3) is 2.94. The van der Waals surface area contributed by atoms with Gasteiger partial charge in [-0.05, 0) is 24.6 Å². The Kier molecular flexibility index (Phi) is 3.51. The van der Waals surface area contributed by atoms with Crippen molar-refractivity contribution in [3.63, 3.8) is 0 Å². The van der Waals surface area contributed by atoms with Gasteiger partial charge in [0.25, 0.3) is 0 Å². The predicted molar refractivity (Wildman–Crippen MR) is 60.6 cm³/mol. The number of amides is 2. The molecule has 2 amide bonds. The van der Waals surface area contributed by atoms with Crippen LogP contribution in [0.25, 0.3) is 0 Å². The van der Waals surface area contributed by atoms with E-state index in [1.165, 1.54) is 19.2 Å². The van der Waals surface area contributed by atoms with E-state index in [2.05, 4.69) is 10.6 Å². The predicted octanol–water partition coefficient (Wildman–Crippen LogP) is 0.394. The van der Waals surface area contributed by atoms with Crippen LogP contribution in [0.5, 0.6) is 0 Å². The number of sulfonamides is 1. The second kappa shape index (κ2) is 4.50. The van der Waals surface area contributed by atoms with E-state index < -0.39 is 16.1 Å². The molecule has 0 saturated heterocycles. The van der Waals surface area contributed by atoms with Crippen LogP contribution in [-0.4, -0.2) is 21.5 Å². The van der Waals surface area contributed by atoms with Crippen molar-refractivity contribution < 1.29 is 13.2 Å². The molecular weight excluding hydrogens is 230 g/mol. The van der Waals surface area contributed by atoms with Crippen LogP contribution < -0.4 is 15.8 Å². The highest BCUT2D eigenvalue weighted by Crippen LogP contribution is 2.19. The van der Waals surface area contributed by atoms with E-state index in [4.69, 9.17) is 5.14 Å². The second-order valence-corrected chi connectivity index (χ2v) is 4.79. The molecule has 0 aliphatic rings. The lowest BCUT2D eigenvalue weighted by atomic mass is 10.2. The van der Waals surface area contributed by atoms with Gasteiger partial charge in [0.05, 0.1) is 4.90 Å². The van der Waals surface area contributed by atoms with E-state index >= 15 is 0 Å². The average Bonchev–Trinajstić information content (AvgIpc) is 2.19. The molecule has 0 saturated carbocycles. The van der Waals surface area contributed by atoms with Crippen LogP contribution in [-0.2, 0) is 10.0 Å². The fourth-order valence-electron chi connectivity index (χ4n) is 1.10. The largest absolute Gasteiger partial charge is 0.341 e. The van der Waals surface area contributed by atoms with Crippen LogP contribution in [0.3, 0.4) is 0 Å². The smallest absolute Gasteiger partial charge is 0.318 e. The van der Waals surface area contributed by atoms with Gasteiger partial charge in [-0.25, -0.2) is 18.4 Å². The molecule has 0 radical (unpaired) electrons. The second-order valence-electron chi connectivity index (χ2n) is 3.23. The maximum absolute atomic E-state index is 11.1. The Morgan fingerprint density at radius 2 is 2.00 bits per heavy atom. The van der Waals surface area contributed by atoms with E-state index in [0.717, 1.165) is 5.56 Å². The van der Waals surface area contributed by atoms with Crippen LogP contribution in [0.4, 0.5) is 10.5 Å². The summed E-state index contributed by atoms with van der Waals surface area (Å²) in [4.78, 5) is 11.1. The number of carbonyl (C=O) groups excluding carboxylic acids is 1. The standard InChI is InChI=1S/C9H13N3O3S/c1-6-3-4-7(16(10,14)15)5-8(6)12-9(13)11-2/h3-5H,1-2H3,(H2,10,14,15)(H2,11,12,13). The Morgan fingerprint density at radius 3 is 2.50 bits per heavy atom. The SMILES string of the molecule is CNC(=O)Nc1cc(S(N)(=O)=O)ccc1C. The Bertz CT molecular complexity index is 511. The Hall–Kier alpha value is -1.60. The summed E-state index contributed by atoms with van der Waals surface area (Å²) in [7, 11) is -2.29. The number of hydrogen-bond acceptors (Lipinski definition) is 3. The van der Waals surface area contributed by atoms with E-state index in [1.54, 1.807) is 13.0 Å². The van der Waals surface area contributed by atoms with Crippen molar-refractivity contribution in [2.24, 2.45) is 5.14 Å². The fourth-order valence-corrected chi connectivity index (χ4v) is 1.64. The lowest BCUT2D eigenvalue weighted by molar-refractivity contribution is 0.254. The number of benzene rings is 1. The van der Waals surface area contributed by atoms with Crippen LogP contribution in [0.2, 0.25) is 0 Å². The maximum Gasteiger partial charge on any atom is 0.318 e. The minimum absolute atomic E-state index is 0.0375. The highest BCUT2D eigenvalue weighted by molar-refractivity contribution is 7.89. The fraction of sp³-hybridized carbons (Fsp3) is 0.222. The first-order chi connectivity index (χ1) is 7.34. The summed E-state index contributed by atoms with van der Waals surface area (Å²) in [6.07, 6.45) is 0. The molecule has 0 aliphatic carbocycles. The molecule has 4 N–H and O–H groups in total. The molecule has 88 valence electrons. The van der Waals surface area contributed by atoms with E-state index in [9.17, 15) is 13.2 Å². The van der Waals surface area contributed by atoms with E-state index in [1.807, 2.05) is 0 Å². The van der Waals surface area contributed by atoms with Crippen molar-refractivity contribution in [1.29, 1.82) is 0 Å². The molecule has 0 heterocycles. The quantitative estimate of drug-likeness (QED) is 0.700. The van der Waals surface area contributed by atoms with Gasteiger partial charge in [-0.1, -0.05) is 6.07 Å². The molecule has 1 aromatic carbocycles. The Balaban J connectivity index is 3.14. The zero-order chi connectivity index (χ0) is 12.3. The summed E-state index contributed by atoms with van der Waals surface area (Å²) in [6, 6.07) is 3.86. The van der Waals surface area contributed by atoms with Gasteiger partial charge in [-0.15, -0.1) is 0 Å². The van der Waals surface area contributed by atoms with Crippen LogP contribution in [0, 0.1) is 6.92 Å². The molecule has 6 nitrogen and oxygen atoms in total. The molecule has 7 heteroatoms. The van der Waals surface area contributed by atoms with Gasteiger partial charge in [0.15, 0.2) is 0 Å². The van der Waals surface area contributed by atoms with Gasteiger partial charge in [0.1, 0.15) is 0 Å². The highest BCUT2D eigenvalue weighted by atomic mass is 32.2. The summed E-state index contributed by atoms with van der Waals surface area (Å²) in [6.45, 7) is 1.75. The Labute approximate surface area is 93.9 Å². The topological polar surface area (TPSA) is 101 Å². The molecule has 0 aromatic heterocycles. The molecule has 0 aliphatic heterocycles. The number of nitrogens with two attached hydrogens (primary N) is 1. The molecule has 1 aromatic rings. The van der Waals surface area contributed by atoms with Crippen LogP contribution >= 0.6 is 0 Å². The van der Waals surface area contributed by atoms with E-state index in [-0.39, 0.29) is 4.90 Å². The van der Waals surface area contributed by atoms with Crippen LogP contribution in [0.1, 0.15) is 5.56 Å². The van der Waals surface area contributed by atoms with Gasteiger partial charge >= 0.3 is 6.03 Å². The third-order valence-electron chi connectivity index (χ3n) is 2.01. The van der Waals surface area contributed by atoms with Crippen LogP contribution in [0.15, 0.2) is 23.1 Å². The minimum atomic E-state index is -3.76. The van der Waals surface area contributed by atoms with Crippen molar-refractivity contribution in [2.75, 3.05) is 12.4 Å². The number of anilines is 1. The average molecular weight is 243 g/mol.